The summed E-state index contributed by atoms with van der Waals surface area (Å²) in [6, 6.07) is 21.1. The average Bonchev–Trinajstić information content (AvgIpc) is 2.69. The first kappa shape index (κ1) is 18.5. The summed E-state index contributed by atoms with van der Waals surface area (Å²) in [6.45, 7) is 0.133. The number of aryl methyl sites for hydroxylation is 1. The topological polar surface area (TPSA) is 75.6 Å². The molecule has 138 valence electrons. The van der Waals surface area contributed by atoms with Crippen molar-refractivity contribution in [1.29, 1.82) is 0 Å². The lowest BCUT2D eigenvalue weighted by Crippen LogP contribution is -2.22. The number of carboxylic acid groups (broad SMARTS) is 1. The third-order valence-corrected chi connectivity index (χ3v) is 4.28. The van der Waals surface area contributed by atoms with Crippen molar-refractivity contribution in [3.63, 3.8) is 0 Å². The first-order chi connectivity index (χ1) is 13.1. The van der Waals surface area contributed by atoms with Crippen LogP contribution in [0.1, 0.15) is 17.5 Å². The Kier molecular flexibility index (Phi) is 6.05. The molecule has 27 heavy (non-hydrogen) atoms. The van der Waals surface area contributed by atoms with E-state index in [1.807, 2.05) is 60.7 Å². The molecule has 3 aromatic rings. The van der Waals surface area contributed by atoms with Crippen LogP contribution < -0.4 is 10.1 Å². The van der Waals surface area contributed by atoms with Crippen LogP contribution in [0.3, 0.4) is 0 Å². The maximum Gasteiger partial charge on any atom is 0.341 e. The number of rotatable bonds is 8. The van der Waals surface area contributed by atoms with Crippen molar-refractivity contribution in [3.8, 4) is 5.75 Å². The fraction of sp³-hybridized carbons (Fsp3) is 0.182. The number of carbonyl (C=O) groups is 2. The van der Waals surface area contributed by atoms with Crippen LogP contribution in [-0.2, 0) is 22.6 Å². The van der Waals surface area contributed by atoms with Crippen LogP contribution in [0.2, 0.25) is 0 Å². The first-order valence-corrected chi connectivity index (χ1v) is 8.79. The Labute approximate surface area is 157 Å². The number of carbonyl (C=O) groups excluding carboxylic acids is 1. The molecule has 0 heterocycles. The number of amides is 1. The molecule has 0 saturated carbocycles. The van der Waals surface area contributed by atoms with Crippen LogP contribution in [0.5, 0.6) is 5.75 Å². The van der Waals surface area contributed by atoms with E-state index in [1.165, 1.54) is 0 Å². The molecule has 0 fully saturated rings. The molecule has 3 rings (SSSR count). The molecule has 0 aromatic heterocycles. The molecule has 2 N–H and O–H groups in total. The van der Waals surface area contributed by atoms with Gasteiger partial charge in [0.2, 0.25) is 5.91 Å². The van der Waals surface area contributed by atoms with E-state index < -0.39 is 5.97 Å². The van der Waals surface area contributed by atoms with E-state index in [0.29, 0.717) is 25.1 Å². The van der Waals surface area contributed by atoms with E-state index in [-0.39, 0.29) is 12.5 Å². The van der Waals surface area contributed by atoms with Gasteiger partial charge in [-0.05, 0) is 29.0 Å². The smallest absolute Gasteiger partial charge is 0.341 e. The Morgan fingerprint density at radius 2 is 1.63 bits per heavy atom. The van der Waals surface area contributed by atoms with E-state index in [2.05, 4.69) is 5.32 Å². The highest BCUT2D eigenvalue weighted by Crippen LogP contribution is 2.28. The van der Waals surface area contributed by atoms with Gasteiger partial charge < -0.3 is 15.2 Å². The number of aliphatic carboxylic acids is 1. The molecule has 0 aliphatic carbocycles. The summed E-state index contributed by atoms with van der Waals surface area (Å²) in [4.78, 5) is 22.9. The normalized spacial score (nSPS) is 10.5. The maximum absolute atomic E-state index is 12.2. The molecular formula is C22H21NO4. The molecule has 3 aromatic carbocycles. The van der Waals surface area contributed by atoms with Gasteiger partial charge >= 0.3 is 5.97 Å². The lowest BCUT2D eigenvalue weighted by Gasteiger charge is -2.11. The average molecular weight is 363 g/mol. The zero-order valence-corrected chi connectivity index (χ0v) is 14.9. The Morgan fingerprint density at radius 3 is 2.41 bits per heavy atom. The number of carboxylic acids is 1. The van der Waals surface area contributed by atoms with Crippen molar-refractivity contribution in [2.75, 3.05) is 6.61 Å². The number of fused-ring (bicyclic) bond motifs is 1. The van der Waals surface area contributed by atoms with Gasteiger partial charge in [-0.2, -0.15) is 0 Å². The number of hydrogen-bond donors (Lipinski definition) is 2. The predicted molar refractivity (Wildman–Crippen MR) is 104 cm³/mol. The molecule has 5 nitrogen and oxygen atoms in total. The summed E-state index contributed by atoms with van der Waals surface area (Å²) in [5.74, 6) is -0.488. The lowest BCUT2D eigenvalue weighted by molar-refractivity contribution is -0.139. The summed E-state index contributed by atoms with van der Waals surface area (Å²) >= 11 is 0. The number of benzene rings is 3. The van der Waals surface area contributed by atoms with Crippen molar-refractivity contribution in [3.05, 3.63) is 77.9 Å². The highest BCUT2D eigenvalue weighted by atomic mass is 16.5. The minimum absolute atomic E-state index is 0.00543. The SMILES string of the molecule is O=C(O)COc1cccc2c(CCC(=O)NCc3ccccc3)cccc12. The Bertz CT molecular complexity index is 937. The van der Waals surface area contributed by atoms with Gasteiger partial charge in [0, 0.05) is 18.4 Å². The zero-order valence-electron chi connectivity index (χ0n) is 14.9. The molecule has 0 atom stereocenters. The Morgan fingerprint density at radius 1 is 0.889 bits per heavy atom. The second-order valence-electron chi connectivity index (χ2n) is 6.21. The van der Waals surface area contributed by atoms with E-state index in [1.54, 1.807) is 6.07 Å². The minimum atomic E-state index is -1.02. The van der Waals surface area contributed by atoms with Gasteiger partial charge in [-0.15, -0.1) is 0 Å². The van der Waals surface area contributed by atoms with Gasteiger partial charge in [0.1, 0.15) is 5.75 Å². The highest BCUT2D eigenvalue weighted by molar-refractivity contribution is 5.91. The molecular weight excluding hydrogens is 342 g/mol. The molecule has 0 bridgehead atoms. The third-order valence-electron chi connectivity index (χ3n) is 4.28. The molecule has 5 heteroatoms. The number of hydrogen-bond acceptors (Lipinski definition) is 3. The fourth-order valence-electron chi connectivity index (χ4n) is 2.96. The van der Waals surface area contributed by atoms with Crippen LogP contribution in [0, 0.1) is 0 Å². The van der Waals surface area contributed by atoms with Crippen molar-refractivity contribution in [2.24, 2.45) is 0 Å². The lowest BCUT2D eigenvalue weighted by atomic mass is 10.00. The van der Waals surface area contributed by atoms with Gasteiger partial charge in [0.15, 0.2) is 6.61 Å². The van der Waals surface area contributed by atoms with Crippen molar-refractivity contribution < 1.29 is 19.4 Å². The largest absolute Gasteiger partial charge is 0.481 e. The Balaban J connectivity index is 1.65. The maximum atomic E-state index is 12.2. The molecule has 0 spiro atoms. The molecule has 0 aliphatic heterocycles. The first-order valence-electron chi connectivity index (χ1n) is 8.79. The van der Waals surface area contributed by atoms with Crippen molar-refractivity contribution in [2.45, 2.75) is 19.4 Å². The second-order valence-corrected chi connectivity index (χ2v) is 6.21. The molecule has 0 saturated heterocycles. The Hall–Kier alpha value is -3.34. The molecule has 0 unspecified atom stereocenters. The van der Waals surface area contributed by atoms with Crippen molar-refractivity contribution in [1.82, 2.24) is 5.32 Å². The summed E-state index contributed by atoms with van der Waals surface area (Å²) in [5, 5.41) is 13.6. The van der Waals surface area contributed by atoms with Crippen LogP contribution in [-0.4, -0.2) is 23.6 Å². The summed E-state index contributed by atoms with van der Waals surface area (Å²) in [7, 11) is 0. The van der Waals surface area contributed by atoms with Gasteiger partial charge in [-0.3, -0.25) is 4.79 Å². The molecule has 1 amide bonds. The fourth-order valence-corrected chi connectivity index (χ4v) is 2.96. The van der Waals surface area contributed by atoms with E-state index in [0.717, 1.165) is 21.9 Å². The van der Waals surface area contributed by atoms with Crippen LogP contribution in [0.25, 0.3) is 10.8 Å². The van der Waals surface area contributed by atoms with E-state index in [4.69, 9.17) is 9.84 Å². The quantitative estimate of drug-likeness (QED) is 0.642. The predicted octanol–water partition coefficient (Wildman–Crippen LogP) is 3.55. The summed E-state index contributed by atoms with van der Waals surface area (Å²) < 4.78 is 5.37. The van der Waals surface area contributed by atoms with Gasteiger partial charge in [0.05, 0.1) is 0 Å². The standard InChI is InChI=1S/C22H21NO4/c24-21(23-14-16-6-2-1-3-7-16)13-12-17-8-4-10-19-18(17)9-5-11-20(19)27-15-22(25)26/h1-11H,12-15H2,(H,23,24)(H,25,26). The van der Waals surface area contributed by atoms with E-state index in [9.17, 15) is 9.59 Å². The highest BCUT2D eigenvalue weighted by Gasteiger charge is 2.09. The summed E-state index contributed by atoms with van der Waals surface area (Å²) in [5.41, 5.74) is 2.10. The minimum Gasteiger partial charge on any atom is -0.481 e. The zero-order chi connectivity index (χ0) is 19.1. The third kappa shape index (κ3) is 5.07. The number of nitrogens with one attached hydrogen (secondary N) is 1. The second kappa shape index (κ2) is 8.85. The van der Waals surface area contributed by atoms with Gasteiger partial charge in [0.25, 0.3) is 0 Å². The van der Waals surface area contributed by atoms with Crippen molar-refractivity contribution >= 4 is 22.6 Å². The monoisotopic (exact) mass is 363 g/mol. The number of ether oxygens (including phenoxy) is 1. The van der Waals surface area contributed by atoms with Gasteiger partial charge in [-0.1, -0.05) is 60.7 Å². The van der Waals surface area contributed by atoms with E-state index >= 15 is 0 Å². The van der Waals surface area contributed by atoms with Crippen LogP contribution in [0.15, 0.2) is 66.7 Å². The summed E-state index contributed by atoms with van der Waals surface area (Å²) in [6.07, 6.45) is 0.979. The molecule has 0 radical (unpaired) electrons. The van der Waals surface area contributed by atoms with Crippen LogP contribution >= 0.6 is 0 Å². The molecule has 0 aliphatic rings. The van der Waals surface area contributed by atoms with Gasteiger partial charge in [-0.25, -0.2) is 4.79 Å². The van der Waals surface area contributed by atoms with Crippen LogP contribution in [0.4, 0.5) is 0 Å².